The van der Waals surface area contributed by atoms with Gasteiger partial charge in [-0.2, -0.15) is 0 Å². The number of carboxylic acids is 1. The summed E-state index contributed by atoms with van der Waals surface area (Å²) in [6, 6.07) is 26.7. The number of aliphatic carboxylic acids is 1. The van der Waals surface area contributed by atoms with Gasteiger partial charge in [0.1, 0.15) is 25.9 Å². The van der Waals surface area contributed by atoms with Crippen LogP contribution in [0.25, 0.3) is 0 Å². The molecule has 5 aromatic rings. The first kappa shape index (κ1) is 50.7. The van der Waals surface area contributed by atoms with Gasteiger partial charge in [-0.15, -0.1) is 0 Å². The zero-order chi connectivity index (χ0) is 51.4. The Balaban J connectivity index is 0.928. The molecule has 0 aromatic heterocycles. The molecule has 73 heavy (non-hydrogen) atoms. The quantitative estimate of drug-likeness (QED) is 0.0376. The Labute approximate surface area is 429 Å². The zero-order valence-electron chi connectivity index (χ0n) is 40.6. The van der Waals surface area contributed by atoms with Gasteiger partial charge in [0.05, 0.1) is 48.8 Å². The van der Waals surface area contributed by atoms with Crippen LogP contribution in [0.1, 0.15) is 69.7 Å². The van der Waals surface area contributed by atoms with E-state index in [1.165, 1.54) is 35.8 Å². The van der Waals surface area contributed by atoms with Crippen LogP contribution in [0.2, 0.25) is 0 Å². The van der Waals surface area contributed by atoms with Crippen LogP contribution >= 0.6 is 21.6 Å². The van der Waals surface area contributed by atoms with E-state index in [0.29, 0.717) is 81.7 Å². The second-order valence-electron chi connectivity index (χ2n) is 18.5. The Hall–Kier alpha value is -7.26. The molecule has 6 N–H and O–H groups in total. The molecule has 18 nitrogen and oxygen atoms in total. The van der Waals surface area contributed by atoms with Gasteiger partial charge in [-0.05, 0) is 91.4 Å². The molecule has 4 aliphatic heterocycles. The largest absolute Gasteiger partial charge is 0.493 e. The molecule has 1 unspecified atom stereocenters. The molecule has 4 aliphatic rings. The van der Waals surface area contributed by atoms with Gasteiger partial charge < -0.3 is 44.9 Å². The van der Waals surface area contributed by atoms with Gasteiger partial charge in [-0.25, -0.2) is 10.7 Å². The molecule has 380 valence electrons. The van der Waals surface area contributed by atoms with Crippen molar-refractivity contribution in [2.45, 2.75) is 75.6 Å². The van der Waals surface area contributed by atoms with Crippen molar-refractivity contribution in [3.8, 4) is 23.0 Å². The molecule has 0 bridgehead atoms. The summed E-state index contributed by atoms with van der Waals surface area (Å²) in [5.41, 5.74) is 7.73. The van der Waals surface area contributed by atoms with Gasteiger partial charge in [0, 0.05) is 65.3 Å². The molecule has 0 saturated carbocycles. The zero-order valence-corrected chi connectivity index (χ0v) is 42.2. The van der Waals surface area contributed by atoms with Crippen molar-refractivity contribution in [2.24, 2.45) is 10.9 Å². The number of carbonyl (C=O) groups is 5. The number of ether oxygens (including phenoxy) is 4. The number of amides is 4. The smallest absolute Gasteiger partial charge is 0.327 e. The van der Waals surface area contributed by atoms with Crippen LogP contribution in [-0.2, 0) is 45.3 Å². The molecule has 0 radical (unpaired) electrons. The minimum Gasteiger partial charge on any atom is -0.493 e. The van der Waals surface area contributed by atoms with E-state index >= 15 is 0 Å². The van der Waals surface area contributed by atoms with Gasteiger partial charge in [0.25, 0.3) is 11.8 Å². The van der Waals surface area contributed by atoms with Crippen molar-refractivity contribution in [2.75, 3.05) is 53.6 Å². The van der Waals surface area contributed by atoms with Crippen LogP contribution in [0, 0.1) is 0 Å². The molecule has 3 atom stereocenters. The third-order valence-corrected chi connectivity index (χ3v) is 16.3. The first-order chi connectivity index (χ1) is 35.2. The third-order valence-electron chi connectivity index (χ3n) is 12.9. The lowest BCUT2D eigenvalue weighted by Crippen LogP contribution is -2.44. The molecule has 20 heteroatoms. The lowest BCUT2D eigenvalue weighted by Gasteiger charge is -2.24. The standard InChI is InChI=1S/C53H55N7O11S2/c1-53(2,73-72-29-41(52(65)66)58-49(62)28-71-54)14-13-48(61)57-34-16-30(26-69-46-22-39-37(20-44(46)67-3)50(63)59-35(24-55-39)18-32-9-5-7-11-42(32)59)15-31(17-34)27-70-47-23-40-38(21-45(47)68-4)51(64)60-36(25-56-40)19-33-10-6-8-12-43(33)60/h5-12,15-17,20-24,35-36,41,56H,13-14,18-19,25-29,54H2,1-4H3,(H,57,61)(H,58,62)(H,65,66)/t35-,36-,41?/m0/s1. The number of nitrogens with one attached hydrogen (secondary N) is 3. The minimum absolute atomic E-state index is 0.0264. The van der Waals surface area contributed by atoms with Gasteiger partial charge in [0.15, 0.2) is 23.0 Å². The van der Waals surface area contributed by atoms with Crippen LogP contribution in [-0.4, -0.2) is 96.9 Å². The summed E-state index contributed by atoms with van der Waals surface area (Å²) in [6.45, 7) is 4.04. The van der Waals surface area contributed by atoms with Crippen LogP contribution in [0.3, 0.4) is 0 Å². The summed E-state index contributed by atoms with van der Waals surface area (Å²) in [4.78, 5) is 78.2. The van der Waals surface area contributed by atoms with Crippen LogP contribution in [0.5, 0.6) is 23.0 Å². The maximum absolute atomic E-state index is 14.1. The van der Waals surface area contributed by atoms with Crippen LogP contribution < -0.4 is 50.6 Å². The lowest BCUT2D eigenvalue weighted by atomic mass is 10.1. The molecule has 4 amide bonds. The van der Waals surface area contributed by atoms with E-state index in [1.54, 1.807) is 41.4 Å². The first-order valence-corrected chi connectivity index (χ1v) is 25.9. The summed E-state index contributed by atoms with van der Waals surface area (Å²) in [6.07, 6.45) is 3.77. The van der Waals surface area contributed by atoms with E-state index in [9.17, 15) is 29.1 Å². The minimum atomic E-state index is -1.19. The number of aliphatic imine (C=N–C) groups is 1. The number of nitrogens with two attached hydrogens (primary N) is 1. The molecule has 9 rings (SSSR count). The highest BCUT2D eigenvalue weighted by Gasteiger charge is 2.39. The van der Waals surface area contributed by atoms with Crippen molar-refractivity contribution in [1.29, 1.82) is 0 Å². The maximum atomic E-state index is 14.1. The summed E-state index contributed by atoms with van der Waals surface area (Å²) in [7, 11) is 5.71. The fourth-order valence-corrected chi connectivity index (χ4v) is 12.1. The number of carboxylic acid groups (broad SMARTS) is 1. The molecule has 5 aromatic carbocycles. The summed E-state index contributed by atoms with van der Waals surface area (Å²) >= 11 is 0. The van der Waals surface area contributed by atoms with E-state index in [1.807, 2.05) is 73.3 Å². The van der Waals surface area contributed by atoms with Gasteiger partial charge in [-0.1, -0.05) is 58.0 Å². The van der Waals surface area contributed by atoms with E-state index in [4.69, 9.17) is 29.8 Å². The molecule has 0 fully saturated rings. The van der Waals surface area contributed by atoms with Gasteiger partial charge in [0.2, 0.25) is 11.8 Å². The van der Waals surface area contributed by atoms with Crippen molar-refractivity contribution < 1.29 is 52.9 Å². The summed E-state index contributed by atoms with van der Waals surface area (Å²) in [5, 5.41) is 18.5. The number of carbonyl (C=O) groups excluding carboxylic acids is 4. The molecule has 0 aliphatic carbocycles. The first-order valence-electron chi connectivity index (χ1n) is 23.6. The molecular formula is C53H55N7O11S2. The van der Waals surface area contributed by atoms with E-state index < -0.39 is 29.3 Å². The van der Waals surface area contributed by atoms with Crippen LogP contribution in [0.15, 0.2) is 96.0 Å². The van der Waals surface area contributed by atoms with Crippen molar-refractivity contribution in [1.82, 2.24) is 5.32 Å². The number of methoxy groups -OCH3 is 2. The van der Waals surface area contributed by atoms with Crippen molar-refractivity contribution in [3.05, 3.63) is 124 Å². The predicted molar refractivity (Wildman–Crippen MR) is 281 cm³/mol. The number of para-hydroxylation sites is 2. The Morgan fingerprint density at radius 1 is 0.822 bits per heavy atom. The molecule has 4 heterocycles. The predicted octanol–water partition coefficient (Wildman–Crippen LogP) is 7.48. The Bertz CT molecular complexity index is 3010. The van der Waals surface area contributed by atoms with Gasteiger partial charge >= 0.3 is 5.97 Å². The van der Waals surface area contributed by atoms with Gasteiger partial charge in [-0.3, -0.25) is 33.9 Å². The summed E-state index contributed by atoms with van der Waals surface area (Å²) < 4.78 is 24.0. The summed E-state index contributed by atoms with van der Waals surface area (Å²) in [5.74, 6) is 4.09. The Morgan fingerprint density at radius 3 is 2.12 bits per heavy atom. The van der Waals surface area contributed by atoms with E-state index in [0.717, 1.165) is 28.9 Å². The number of fused-ring (bicyclic) bond motifs is 8. The number of anilines is 4. The number of rotatable bonds is 20. The second-order valence-corrected chi connectivity index (χ2v) is 21.6. The monoisotopic (exact) mass is 1030 g/mol. The Kier molecular flexibility index (Phi) is 15.2. The van der Waals surface area contributed by atoms with Crippen molar-refractivity contribution in [3.63, 3.8) is 0 Å². The molecule has 0 saturated heterocycles. The number of benzene rings is 5. The fourth-order valence-electron chi connectivity index (χ4n) is 9.35. The normalized spacial score (nSPS) is 16.6. The highest BCUT2D eigenvalue weighted by molar-refractivity contribution is 8.77. The topological polar surface area (TPSA) is 233 Å². The number of hydrogen-bond donors (Lipinski definition) is 5. The van der Waals surface area contributed by atoms with Crippen molar-refractivity contribution >= 4 is 85.8 Å². The van der Waals surface area contributed by atoms with E-state index in [-0.39, 0.29) is 55.2 Å². The average Bonchev–Trinajstić information content (AvgIpc) is 3.87. The van der Waals surface area contributed by atoms with E-state index in [2.05, 4.69) is 26.9 Å². The maximum Gasteiger partial charge on any atom is 0.327 e. The van der Waals surface area contributed by atoms with Crippen LogP contribution in [0.4, 0.5) is 28.4 Å². The third kappa shape index (κ3) is 11.2. The molecule has 0 spiro atoms. The molecular weight excluding hydrogens is 975 g/mol. The highest BCUT2D eigenvalue weighted by atomic mass is 33.1. The lowest BCUT2D eigenvalue weighted by molar-refractivity contribution is -0.141. The second kappa shape index (κ2) is 21.8. The highest BCUT2D eigenvalue weighted by Crippen LogP contribution is 2.44. The fraction of sp³-hybridized carbons (Fsp3) is 0.321. The number of hydrogen-bond acceptors (Lipinski definition) is 15. The Morgan fingerprint density at radius 2 is 1.45 bits per heavy atom. The number of nitrogens with zero attached hydrogens (tertiary/aromatic N) is 3. The average molecular weight is 1030 g/mol. The SMILES string of the molecule is COc1cc2c(cc1OCc1cc(COc3cc4c(cc3OC)C(=O)N3c5ccccc5C[C@H]3CN4)cc(NC(=O)CCC(C)(C)SSCC(NC(=O)CON)C(=O)O)c1)N=C[C@@H]1Cc3ccccc3N1C2=O.